The van der Waals surface area contributed by atoms with E-state index in [1.54, 1.807) is 6.07 Å². The predicted octanol–water partition coefficient (Wildman–Crippen LogP) is 4.93. The van der Waals surface area contributed by atoms with Crippen LogP contribution in [0.5, 0.6) is 5.75 Å². The molecule has 20 heavy (non-hydrogen) atoms. The van der Waals surface area contributed by atoms with Crippen LogP contribution in [0.1, 0.15) is 43.7 Å². The molecule has 0 bridgehead atoms. The Bertz CT molecular complexity index is 458. The van der Waals surface area contributed by atoms with Crippen LogP contribution in [0.2, 0.25) is 0 Å². The van der Waals surface area contributed by atoms with Gasteiger partial charge in [0.2, 0.25) is 0 Å². The van der Waals surface area contributed by atoms with E-state index in [4.69, 9.17) is 5.73 Å². The number of nitrogens with two attached hydrogens (primary N) is 1. The first-order chi connectivity index (χ1) is 9.37. The second-order valence-electron chi connectivity index (χ2n) is 5.15. The molecular weight excluding hydrogens is 335 g/mol. The molecule has 0 aromatic heterocycles. The summed E-state index contributed by atoms with van der Waals surface area (Å²) in [5.41, 5.74) is 6.61. The van der Waals surface area contributed by atoms with E-state index in [2.05, 4.69) is 20.7 Å². The van der Waals surface area contributed by atoms with Crippen molar-refractivity contribution in [3.8, 4) is 5.75 Å². The van der Waals surface area contributed by atoms with Crippen molar-refractivity contribution < 1.29 is 17.9 Å². The number of hydrogen-bond donors (Lipinski definition) is 1. The van der Waals surface area contributed by atoms with Crippen LogP contribution in [0.15, 0.2) is 22.7 Å². The Morgan fingerprint density at radius 3 is 2.45 bits per heavy atom. The third kappa shape index (κ3) is 4.12. The van der Waals surface area contributed by atoms with Crippen molar-refractivity contribution in [1.29, 1.82) is 0 Å². The quantitative estimate of drug-likeness (QED) is 0.837. The van der Waals surface area contributed by atoms with Gasteiger partial charge in [0, 0.05) is 16.1 Å². The highest BCUT2D eigenvalue weighted by atomic mass is 79.9. The van der Waals surface area contributed by atoms with Crippen molar-refractivity contribution in [3.05, 3.63) is 28.2 Å². The van der Waals surface area contributed by atoms with Crippen molar-refractivity contribution in [1.82, 2.24) is 0 Å². The summed E-state index contributed by atoms with van der Waals surface area (Å²) in [5.74, 6) is 0.0207. The van der Waals surface area contributed by atoms with Gasteiger partial charge in [0.25, 0.3) is 0 Å². The largest absolute Gasteiger partial charge is 0.573 e. The first kappa shape index (κ1) is 15.6. The summed E-state index contributed by atoms with van der Waals surface area (Å²) in [6.07, 6.45) is 0.560. The Balaban J connectivity index is 2.25. The highest BCUT2D eigenvalue weighted by Gasteiger charge is 2.34. The van der Waals surface area contributed by atoms with E-state index in [-0.39, 0.29) is 11.7 Å². The van der Waals surface area contributed by atoms with Gasteiger partial charge in [0.1, 0.15) is 5.75 Å². The van der Waals surface area contributed by atoms with E-state index in [0.29, 0.717) is 10.0 Å². The van der Waals surface area contributed by atoms with Gasteiger partial charge >= 0.3 is 6.36 Å². The maximum absolute atomic E-state index is 12.5. The zero-order chi connectivity index (χ0) is 14.8. The van der Waals surface area contributed by atoms with Crippen molar-refractivity contribution in [3.63, 3.8) is 0 Å². The average Bonchev–Trinajstić information content (AvgIpc) is 2.39. The molecule has 1 fully saturated rings. The van der Waals surface area contributed by atoms with E-state index < -0.39 is 12.4 Å². The van der Waals surface area contributed by atoms with E-state index in [1.807, 2.05) is 0 Å². The minimum atomic E-state index is -4.70. The van der Waals surface area contributed by atoms with Gasteiger partial charge in [-0.2, -0.15) is 0 Å². The molecule has 1 atom stereocenters. The SMILES string of the molecule is N[C@@H](c1cc(Br)ccc1OC(F)(F)F)C1CCCCC1. The maximum atomic E-state index is 12.5. The minimum Gasteiger partial charge on any atom is -0.405 e. The number of benzene rings is 1. The maximum Gasteiger partial charge on any atom is 0.573 e. The molecular formula is C14H17BrF3NO. The van der Waals surface area contributed by atoms with Gasteiger partial charge in [0.15, 0.2) is 0 Å². The monoisotopic (exact) mass is 351 g/mol. The fourth-order valence-corrected chi connectivity index (χ4v) is 3.12. The molecule has 2 rings (SSSR count). The van der Waals surface area contributed by atoms with Crippen LogP contribution < -0.4 is 10.5 Å². The fraction of sp³-hybridized carbons (Fsp3) is 0.571. The molecule has 1 aliphatic carbocycles. The number of hydrogen-bond acceptors (Lipinski definition) is 2. The van der Waals surface area contributed by atoms with E-state index in [0.717, 1.165) is 25.7 Å². The van der Waals surface area contributed by atoms with Crippen LogP contribution in [-0.4, -0.2) is 6.36 Å². The zero-order valence-corrected chi connectivity index (χ0v) is 12.5. The Morgan fingerprint density at radius 1 is 1.20 bits per heavy atom. The topological polar surface area (TPSA) is 35.2 Å². The highest BCUT2D eigenvalue weighted by Crippen LogP contribution is 2.39. The van der Waals surface area contributed by atoms with Gasteiger partial charge in [0.05, 0.1) is 0 Å². The van der Waals surface area contributed by atoms with Crippen LogP contribution in [0.3, 0.4) is 0 Å². The molecule has 2 N–H and O–H groups in total. The lowest BCUT2D eigenvalue weighted by atomic mass is 9.81. The first-order valence-corrected chi connectivity index (χ1v) is 7.47. The normalized spacial score (nSPS) is 18.9. The van der Waals surface area contributed by atoms with Crippen molar-refractivity contribution in [2.75, 3.05) is 0 Å². The van der Waals surface area contributed by atoms with Crippen LogP contribution in [0.25, 0.3) is 0 Å². The predicted molar refractivity (Wildman–Crippen MR) is 74.3 cm³/mol. The zero-order valence-electron chi connectivity index (χ0n) is 10.9. The van der Waals surface area contributed by atoms with Crippen LogP contribution in [0, 0.1) is 5.92 Å². The summed E-state index contributed by atoms with van der Waals surface area (Å²) in [4.78, 5) is 0. The summed E-state index contributed by atoms with van der Waals surface area (Å²) in [5, 5.41) is 0. The number of halogens is 4. The second kappa shape index (κ2) is 6.35. The summed E-state index contributed by atoms with van der Waals surface area (Å²) in [6, 6.07) is 4.04. The van der Waals surface area contributed by atoms with Crippen molar-refractivity contribution in [2.45, 2.75) is 44.5 Å². The smallest absolute Gasteiger partial charge is 0.405 e. The molecule has 112 valence electrons. The number of rotatable bonds is 3. The van der Waals surface area contributed by atoms with Crippen LogP contribution in [0.4, 0.5) is 13.2 Å². The van der Waals surface area contributed by atoms with Crippen molar-refractivity contribution in [2.24, 2.45) is 11.7 Å². The van der Waals surface area contributed by atoms with Gasteiger partial charge in [-0.05, 0) is 37.0 Å². The van der Waals surface area contributed by atoms with Gasteiger partial charge in [-0.15, -0.1) is 13.2 Å². The molecule has 6 heteroatoms. The molecule has 0 unspecified atom stereocenters. The second-order valence-corrected chi connectivity index (χ2v) is 6.07. The van der Waals surface area contributed by atoms with E-state index in [9.17, 15) is 13.2 Å². The average molecular weight is 352 g/mol. The number of ether oxygens (including phenoxy) is 1. The van der Waals surface area contributed by atoms with Gasteiger partial charge in [-0.3, -0.25) is 0 Å². The molecule has 0 aliphatic heterocycles. The van der Waals surface area contributed by atoms with Crippen LogP contribution >= 0.6 is 15.9 Å². The Kier molecular flexibility index (Phi) is 4.96. The first-order valence-electron chi connectivity index (χ1n) is 6.67. The molecule has 1 aromatic carbocycles. The summed E-state index contributed by atoms with van der Waals surface area (Å²) in [7, 11) is 0. The van der Waals surface area contributed by atoms with E-state index in [1.165, 1.54) is 18.6 Å². The van der Waals surface area contributed by atoms with Gasteiger partial charge < -0.3 is 10.5 Å². The molecule has 2 nitrogen and oxygen atoms in total. The summed E-state index contributed by atoms with van der Waals surface area (Å²) >= 11 is 3.28. The van der Waals surface area contributed by atoms with Crippen LogP contribution in [-0.2, 0) is 0 Å². The summed E-state index contributed by atoms with van der Waals surface area (Å²) in [6.45, 7) is 0. The fourth-order valence-electron chi connectivity index (χ4n) is 2.74. The molecule has 0 heterocycles. The molecule has 1 aliphatic rings. The molecule has 0 spiro atoms. The third-order valence-corrected chi connectivity index (χ3v) is 4.21. The van der Waals surface area contributed by atoms with Gasteiger partial charge in [-0.1, -0.05) is 35.2 Å². The molecule has 1 aromatic rings. The van der Waals surface area contributed by atoms with Gasteiger partial charge in [-0.25, -0.2) is 0 Å². The Labute approximate surface area is 124 Å². The summed E-state index contributed by atoms with van der Waals surface area (Å²) < 4.78 is 42.2. The number of alkyl halides is 3. The van der Waals surface area contributed by atoms with E-state index >= 15 is 0 Å². The highest BCUT2D eigenvalue weighted by molar-refractivity contribution is 9.10. The Hall–Kier alpha value is -0.750. The molecule has 0 radical (unpaired) electrons. The molecule has 1 saturated carbocycles. The molecule has 0 amide bonds. The Morgan fingerprint density at radius 2 is 1.85 bits per heavy atom. The lowest BCUT2D eigenvalue weighted by Crippen LogP contribution is -2.26. The molecule has 0 saturated heterocycles. The standard InChI is InChI=1S/C14H17BrF3NO/c15-10-6-7-12(20-14(16,17)18)11(8-10)13(19)9-4-2-1-3-5-9/h6-9,13H,1-5,19H2/t13-/m1/s1. The van der Waals surface area contributed by atoms with Crippen molar-refractivity contribution >= 4 is 15.9 Å². The minimum absolute atomic E-state index is 0.196. The lowest BCUT2D eigenvalue weighted by molar-refractivity contribution is -0.275. The third-order valence-electron chi connectivity index (χ3n) is 3.71. The lowest BCUT2D eigenvalue weighted by Gasteiger charge is -2.29.